The molecule has 1 heterocycles. The maximum atomic E-state index is 11.9. The van der Waals surface area contributed by atoms with E-state index >= 15 is 0 Å². The van der Waals surface area contributed by atoms with Crippen LogP contribution in [0.15, 0.2) is 72.9 Å². The Morgan fingerprint density at radius 3 is 2.25 bits per heavy atom. The molecule has 1 aromatic heterocycles. The molecule has 3 aromatic rings. The Morgan fingerprint density at radius 1 is 1.04 bits per heavy atom. The third-order valence-electron chi connectivity index (χ3n) is 4.16. The van der Waals surface area contributed by atoms with Gasteiger partial charge in [0.2, 0.25) is 5.91 Å². The molecule has 0 spiro atoms. The van der Waals surface area contributed by atoms with E-state index in [4.69, 9.17) is 10.5 Å². The molecule has 0 aliphatic heterocycles. The third kappa shape index (κ3) is 5.31. The number of ether oxygens (including phenoxy) is 1. The highest BCUT2D eigenvalue weighted by molar-refractivity contribution is 5.81. The molecule has 28 heavy (non-hydrogen) atoms. The van der Waals surface area contributed by atoms with Crippen molar-refractivity contribution >= 4 is 17.4 Å². The van der Waals surface area contributed by atoms with Gasteiger partial charge in [0.05, 0.1) is 6.04 Å². The smallest absolute Gasteiger partial charge is 0.239 e. The van der Waals surface area contributed by atoms with Crippen molar-refractivity contribution in [3.63, 3.8) is 0 Å². The van der Waals surface area contributed by atoms with Crippen molar-refractivity contribution in [1.82, 2.24) is 9.88 Å². The molecule has 1 atom stereocenters. The fourth-order valence-electron chi connectivity index (χ4n) is 2.69. The SMILES string of the molecule is CN(C)C(=O)[C@H](N)Cc1ccc(Oc2ccc(Nc3ccccn3)cc2)cc1. The lowest BCUT2D eigenvalue weighted by Gasteiger charge is -2.16. The van der Waals surface area contributed by atoms with Crippen molar-refractivity contribution in [1.29, 1.82) is 0 Å². The van der Waals surface area contributed by atoms with Gasteiger partial charge >= 0.3 is 0 Å². The molecule has 3 N–H and O–H groups in total. The number of hydrogen-bond acceptors (Lipinski definition) is 5. The monoisotopic (exact) mass is 376 g/mol. The number of anilines is 2. The maximum absolute atomic E-state index is 11.9. The predicted molar refractivity (Wildman–Crippen MR) is 111 cm³/mol. The Balaban J connectivity index is 1.57. The van der Waals surface area contributed by atoms with E-state index in [0.29, 0.717) is 6.42 Å². The second kappa shape index (κ2) is 9.01. The molecular weight excluding hydrogens is 352 g/mol. The Morgan fingerprint density at radius 2 is 1.68 bits per heavy atom. The second-order valence-corrected chi connectivity index (χ2v) is 6.65. The first-order chi connectivity index (χ1) is 13.5. The number of amides is 1. The molecule has 6 nitrogen and oxygen atoms in total. The Bertz CT molecular complexity index is 894. The Hall–Kier alpha value is -3.38. The molecule has 6 heteroatoms. The van der Waals surface area contributed by atoms with Crippen LogP contribution in [-0.2, 0) is 11.2 Å². The summed E-state index contributed by atoms with van der Waals surface area (Å²) >= 11 is 0. The summed E-state index contributed by atoms with van der Waals surface area (Å²) in [6.07, 6.45) is 2.23. The minimum Gasteiger partial charge on any atom is -0.457 e. The van der Waals surface area contributed by atoms with Gasteiger partial charge in [0, 0.05) is 26.0 Å². The van der Waals surface area contributed by atoms with Crippen molar-refractivity contribution < 1.29 is 9.53 Å². The van der Waals surface area contributed by atoms with Crippen LogP contribution in [0.25, 0.3) is 0 Å². The van der Waals surface area contributed by atoms with Crippen LogP contribution in [0.2, 0.25) is 0 Å². The van der Waals surface area contributed by atoms with Gasteiger partial charge in [-0.15, -0.1) is 0 Å². The molecule has 144 valence electrons. The molecule has 0 bridgehead atoms. The van der Waals surface area contributed by atoms with E-state index in [-0.39, 0.29) is 5.91 Å². The van der Waals surface area contributed by atoms with Crippen LogP contribution in [0.4, 0.5) is 11.5 Å². The molecule has 0 fully saturated rings. The number of likely N-dealkylation sites (N-methyl/N-ethyl adjacent to an activating group) is 1. The molecule has 1 amide bonds. The maximum Gasteiger partial charge on any atom is 0.239 e. The van der Waals surface area contributed by atoms with Crippen molar-refractivity contribution in [2.75, 3.05) is 19.4 Å². The molecule has 0 saturated carbocycles. The zero-order chi connectivity index (χ0) is 19.9. The summed E-state index contributed by atoms with van der Waals surface area (Å²) in [5.41, 5.74) is 7.87. The number of hydrogen-bond donors (Lipinski definition) is 2. The van der Waals surface area contributed by atoms with Gasteiger partial charge < -0.3 is 20.7 Å². The molecule has 0 unspecified atom stereocenters. The number of rotatable bonds is 7. The van der Waals surface area contributed by atoms with Gasteiger partial charge in [0.1, 0.15) is 17.3 Å². The van der Waals surface area contributed by atoms with Crippen LogP contribution in [0, 0.1) is 0 Å². The third-order valence-corrected chi connectivity index (χ3v) is 4.16. The fraction of sp³-hybridized carbons (Fsp3) is 0.182. The van der Waals surface area contributed by atoms with E-state index < -0.39 is 6.04 Å². The summed E-state index contributed by atoms with van der Waals surface area (Å²) in [5.74, 6) is 2.16. The summed E-state index contributed by atoms with van der Waals surface area (Å²) in [5, 5.41) is 3.23. The van der Waals surface area contributed by atoms with Gasteiger partial charge in [-0.2, -0.15) is 0 Å². The number of carbonyl (C=O) groups is 1. The lowest BCUT2D eigenvalue weighted by molar-refractivity contribution is -0.130. The summed E-state index contributed by atoms with van der Waals surface area (Å²) in [7, 11) is 3.41. The lowest BCUT2D eigenvalue weighted by atomic mass is 10.1. The van der Waals surface area contributed by atoms with E-state index in [1.807, 2.05) is 66.7 Å². The van der Waals surface area contributed by atoms with Crippen molar-refractivity contribution in [2.45, 2.75) is 12.5 Å². The van der Waals surface area contributed by atoms with Crippen LogP contribution in [0.3, 0.4) is 0 Å². The number of pyridine rings is 1. The van der Waals surface area contributed by atoms with Crippen LogP contribution >= 0.6 is 0 Å². The van der Waals surface area contributed by atoms with Crippen LogP contribution in [0.5, 0.6) is 11.5 Å². The number of nitrogens with one attached hydrogen (secondary N) is 1. The first-order valence-electron chi connectivity index (χ1n) is 9.03. The summed E-state index contributed by atoms with van der Waals surface area (Å²) < 4.78 is 5.88. The molecule has 0 radical (unpaired) electrons. The van der Waals surface area contributed by atoms with Crippen LogP contribution in [-0.4, -0.2) is 35.9 Å². The van der Waals surface area contributed by atoms with Crippen molar-refractivity contribution in [2.24, 2.45) is 5.73 Å². The van der Waals surface area contributed by atoms with Gasteiger partial charge in [-0.3, -0.25) is 4.79 Å². The van der Waals surface area contributed by atoms with Crippen molar-refractivity contribution in [3.05, 3.63) is 78.5 Å². The van der Waals surface area contributed by atoms with E-state index in [2.05, 4.69) is 10.3 Å². The van der Waals surface area contributed by atoms with E-state index in [9.17, 15) is 4.79 Å². The Labute approximate surface area is 165 Å². The molecule has 3 rings (SSSR count). The van der Waals surface area contributed by atoms with E-state index in [1.54, 1.807) is 20.3 Å². The number of nitrogens with zero attached hydrogens (tertiary/aromatic N) is 2. The number of carbonyl (C=O) groups excluding carboxylic acids is 1. The summed E-state index contributed by atoms with van der Waals surface area (Å²) in [6, 6.07) is 20.4. The molecule has 0 aliphatic rings. The van der Waals surface area contributed by atoms with Crippen LogP contribution in [0.1, 0.15) is 5.56 Å². The van der Waals surface area contributed by atoms with Crippen molar-refractivity contribution in [3.8, 4) is 11.5 Å². The first kappa shape index (κ1) is 19.4. The van der Waals surface area contributed by atoms with Gasteiger partial charge in [0.25, 0.3) is 0 Å². The standard InChI is InChI=1S/C22H24N4O2/c1-26(2)22(27)20(23)15-16-6-10-18(11-7-16)28-19-12-8-17(9-13-19)25-21-5-3-4-14-24-21/h3-14,20H,15,23H2,1-2H3,(H,24,25)/t20-/m1/s1. The highest BCUT2D eigenvalue weighted by Crippen LogP contribution is 2.24. The normalized spacial score (nSPS) is 11.5. The predicted octanol–water partition coefficient (Wildman–Crippen LogP) is 3.58. The second-order valence-electron chi connectivity index (χ2n) is 6.65. The lowest BCUT2D eigenvalue weighted by Crippen LogP contribution is -2.41. The average Bonchev–Trinajstić information content (AvgIpc) is 2.71. The fourth-order valence-corrected chi connectivity index (χ4v) is 2.69. The minimum atomic E-state index is -0.541. The topological polar surface area (TPSA) is 80.5 Å². The van der Waals surface area contributed by atoms with E-state index in [0.717, 1.165) is 28.6 Å². The minimum absolute atomic E-state index is 0.0836. The summed E-state index contributed by atoms with van der Waals surface area (Å²) in [6.45, 7) is 0. The highest BCUT2D eigenvalue weighted by Gasteiger charge is 2.15. The van der Waals surface area contributed by atoms with Gasteiger partial charge in [-0.1, -0.05) is 18.2 Å². The number of benzene rings is 2. The van der Waals surface area contributed by atoms with E-state index in [1.165, 1.54) is 4.90 Å². The zero-order valence-corrected chi connectivity index (χ0v) is 16.0. The quantitative estimate of drug-likeness (QED) is 0.659. The largest absolute Gasteiger partial charge is 0.457 e. The number of aromatic nitrogens is 1. The summed E-state index contributed by atoms with van der Waals surface area (Å²) in [4.78, 5) is 17.6. The first-order valence-corrected chi connectivity index (χ1v) is 9.03. The zero-order valence-electron chi connectivity index (χ0n) is 16.0. The van der Waals surface area contributed by atoms with Gasteiger partial charge in [-0.05, 0) is 60.5 Å². The number of nitrogens with two attached hydrogens (primary N) is 1. The highest BCUT2D eigenvalue weighted by atomic mass is 16.5. The van der Waals surface area contributed by atoms with Crippen LogP contribution < -0.4 is 15.8 Å². The Kier molecular flexibility index (Phi) is 6.24. The van der Waals surface area contributed by atoms with Gasteiger partial charge in [-0.25, -0.2) is 4.98 Å². The molecule has 0 saturated heterocycles. The molecular formula is C22H24N4O2. The average molecular weight is 376 g/mol. The molecule has 2 aromatic carbocycles. The molecule has 0 aliphatic carbocycles. The van der Waals surface area contributed by atoms with Gasteiger partial charge in [0.15, 0.2) is 0 Å².